The lowest BCUT2D eigenvalue weighted by molar-refractivity contribution is 0.234. The Kier molecular flexibility index (Phi) is 4.90. The monoisotopic (exact) mass is 291 g/mol. The molecule has 19 heavy (non-hydrogen) atoms. The average molecular weight is 291 g/mol. The van der Waals surface area contributed by atoms with Gasteiger partial charge in [-0.05, 0) is 36.1 Å². The van der Waals surface area contributed by atoms with Crippen molar-refractivity contribution < 1.29 is 17.2 Å². The zero-order valence-corrected chi connectivity index (χ0v) is 12.1. The lowest BCUT2D eigenvalue weighted by Crippen LogP contribution is -2.22. The fraction of sp³-hybridized carbons (Fsp3) is 0.538. The van der Waals surface area contributed by atoms with Crippen molar-refractivity contribution in [2.24, 2.45) is 5.41 Å². The quantitative estimate of drug-likeness (QED) is 0.872. The molecule has 0 aliphatic carbocycles. The Morgan fingerprint density at radius 2 is 1.74 bits per heavy atom. The maximum atomic E-state index is 12.3. The Morgan fingerprint density at radius 1 is 1.21 bits per heavy atom. The summed E-state index contributed by atoms with van der Waals surface area (Å²) in [6.45, 7) is 7.02. The van der Waals surface area contributed by atoms with Gasteiger partial charge in [-0.1, -0.05) is 20.8 Å². The summed E-state index contributed by atoms with van der Waals surface area (Å²) in [4.78, 5) is -0.359. The molecule has 0 amide bonds. The van der Waals surface area contributed by atoms with E-state index in [2.05, 4.69) is 26.1 Å². The third kappa shape index (κ3) is 4.16. The average Bonchev–Trinajstić information content (AvgIpc) is 2.37. The van der Waals surface area contributed by atoms with Crippen molar-refractivity contribution in [2.75, 3.05) is 11.9 Å². The number of alkyl halides is 2. The first-order valence-corrected chi connectivity index (χ1v) is 7.60. The smallest absolute Gasteiger partial charge is 0.341 e. The van der Waals surface area contributed by atoms with Crippen molar-refractivity contribution in [3.8, 4) is 0 Å². The van der Waals surface area contributed by atoms with Crippen molar-refractivity contribution in [3.63, 3.8) is 0 Å². The number of hydrogen-bond donors (Lipinski definition) is 1. The van der Waals surface area contributed by atoms with Crippen LogP contribution in [0.25, 0.3) is 0 Å². The largest absolute Gasteiger partial charge is 0.385 e. The second kappa shape index (κ2) is 5.86. The molecule has 1 N–H and O–H groups in total. The van der Waals surface area contributed by atoms with E-state index in [0.29, 0.717) is 0 Å². The van der Waals surface area contributed by atoms with E-state index in [4.69, 9.17) is 0 Å². The number of sulfone groups is 1. The standard InChI is InChI=1S/C13H19F2NO2S/c1-4-13(2,3)9-16-10-5-7-11(8-6-10)19(17,18)12(14)15/h5-8,12,16H,4,9H2,1-3H3. The molecule has 0 aliphatic rings. The fourth-order valence-corrected chi connectivity index (χ4v) is 2.05. The van der Waals surface area contributed by atoms with Crippen molar-refractivity contribution in [1.29, 1.82) is 0 Å². The van der Waals surface area contributed by atoms with Gasteiger partial charge in [0.1, 0.15) is 0 Å². The van der Waals surface area contributed by atoms with Crippen molar-refractivity contribution in [1.82, 2.24) is 0 Å². The molecule has 0 atom stereocenters. The molecule has 1 rings (SSSR count). The van der Waals surface area contributed by atoms with E-state index >= 15 is 0 Å². The molecule has 0 aliphatic heterocycles. The van der Waals surface area contributed by atoms with Crippen LogP contribution in [0.5, 0.6) is 0 Å². The minimum Gasteiger partial charge on any atom is -0.385 e. The van der Waals surface area contributed by atoms with Gasteiger partial charge in [0.25, 0.3) is 0 Å². The number of anilines is 1. The van der Waals surface area contributed by atoms with E-state index in [1.54, 1.807) is 0 Å². The summed E-state index contributed by atoms with van der Waals surface area (Å²) >= 11 is 0. The van der Waals surface area contributed by atoms with E-state index in [9.17, 15) is 17.2 Å². The Balaban J connectivity index is 2.78. The molecule has 0 saturated carbocycles. The van der Waals surface area contributed by atoms with Crippen LogP contribution in [-0.4, -0.2) is 20.7 Å². The van der Waals surface area contributed by atoms with Crippen LogP contribution in [-0.2, 0) is 9.84 Å². The molecule has 0 unspecified atom stereocenters. The Morgan fingerprint density at radius 3 is 2.16 bits per heavy atom. The first kappa shape index (κ1) is 15.9. The first-order chi connectivity index (χ1) is 8.69. The number of rotatable bonds is 6. The maximum absolute atomic E-state index is 12.3. The van der Waals surface area contributed by atoms with E-state index in [1.807, 2.05) is 0 Å². The molecule has 3 nitrogen and oxygen atoms in total. The van der Waals surface area contributed by atoms with Crippen LogP contribution in [0.1, 0.15) is 27.2 Å². The normalized spacial score (nSPS) is 12.7. The molecule has 0 saturated heterocycles. The van der Waals surface area contributed by atoms with Crippen LogP contribution in [0.3, 0.4) is 0 Å². The van der Waals surface area contributed by atoms with Gasteiger partial charge in [-0.3, -0.25) is 0 Å². The van der Waals surface area contributed by atoms with E-state index in [0.717, 1.165) is 18.7 Å². The number of halogens is 2. The summed E-state index contributed by atoms with van der Waals surface area (Å²) in [6, 6.07) is 5.40. The number of hydrogen-bond acceptors (Lipinski definition) is 3. The van der Waals surface area contributed by atoms with Gasteiger partial charge >= 0.3 is 5.76 Å². The molecule has 1 aromatic carbocycles. The third-order valence-electron chi connectivity index (χ3n) is 3.15. The van der Waals surface area contributed by atoms with Crippen LogP contribution in [0.15, 0.2) is 29.2 Å². The Bertz CT molecular complexity index is 510. The summed E-state index contributed by atoms with van der Waals surface area (Å²) in [5.41, 5.74) is 0.836. The highest BCUT2D eigenvalue weighted by molar-refractivity contribution is 7.91. The predicted molar refractivity (Wildman–Crippen MR) is 72.2 cm³/mol. The van der Waals surface area contributed by atoms with Crippen LogP contribution in [0.4, 0.5) is 14.5 Å². The van der Waals surface area contributed by atoms with Crippen molar-refractivity contribution in [3.05, 3.63) is 24.3 Å². The number of nitrogens with one attached hydrogen (secondary N) is 1. The van der Waals surface area contributed by atoms with E-state index in [1.165, 1.54) is 24.3 Å². The zero-order chi connectivity index (χ0) is 14.7. The SMILES string of the molecule is CCC(C)(C)CNc1ccc(S(=O)(=O)C(F)F)cc1. The minimum atomic E-state index is -4.50. The lowest BCUT2D eigenvalue weighted by atomic mass is 9.90. The highest BCUT2D eigenvalue weighted by Gasteiger charge is 2.26. The lowest BCUT2D eigenvalue weighted by Gasteiger charge is -2.23. The molecule has 0 heterocycles. The van der Waals surface area contributed by atoms with Crippen LogP contribution in [0.2, 0.25) is 0 Å². The van der Waals surface area contributed by atoms with Gasteiger partial charge < -0.3 is 5.32 Å². The van der Waals surface area contributed by atoms with E-state index < -0.39 is 15.6 Å². The molecule has 6 heteroatoms. The predicted octanol–water partition coefficient (Wildman–Crippen LogP) is 3.53. The molecule has 108 valence electrons. The van der Waals surface area contributed by atoms with Gasteiger partial charge in [-0.2, -0.15) is 8.78 Å². The Labute approximate surface area is 112 Å². The van der Waals surface area contributed by atoms with Gasteiger partial charge in [0, 0.05) is 12.2 Å². The first-order valence-electron chi connectivity index (χ1n) is 6.05. The molecular formula is C13H19F2NO2S. The molecule has 0 spiro atoms. The van der Waals surface area contributed by atoms with Crippen LogP contribution in [0, 0.1) is 5.41 Å². The highest BCUT2D eigenvalue weighted by atomic mass is 32.2. The summed E-state index contributed by atoms with van der Waals surface area (Å²) in [6.07, 6.45) is 0.998. The van der Waals surface area contributed by atoms with Gasteiger partial charge in [-0.25, -0.2) is 8.42 Å². The second-order valence-corrected chi connectivity index (χ2v) is 7.12. The second-order valence-electron chi connectivity index (χ2n) is 5.20. The van der Waals surface area contributed by atoms with Gasteiger partial charge in [0.2, 0.25) is 9.84 Å². The van der Waals surface area contributed by atoms with Crippen molar-refractivity contribution >= 4 is 15.5 Å². The molecule has 0 radical (unpaired) electrons. The van der Waals surface area contributed by atoms with Crippen LogP contribution >= 0.6 is 0 Å². The van der Waals surface area contributed by atoms with Gasteiger partial charge in [0.15, 0.2) is 0 Å². The van der Waals surface area contributed by atoms with Gasteiger partial charge in [0.05, 0.1) is 4.90 Å². The van der Waals surface area contributed by atoms with E-state index in [-0.39, 0.29) is 10.3 Å². The molecule has 0 bridgehead atoms. The minimum absolute atomic E-state index is 0.119. The summed E-state index contributed by atoms with van der Waals surface area (Å²) < 4.78 is 47.2. The topological polar surface area (TPSA) is 46.2 Å². The molecule has 0 fully saturated rings. The van der Waals surface area contributed by atoms with Crippen LogP contribution < -0.4 is 5.32 Å². The van der Waals surface area contributed by atoms with Crippen molar-refractivity contribution in [2.45, 2.75) is 37.8 Å². The highest BCUT2D eigenvalue weighted by Crippen LogP contribution is 2.23. The summed E-state index contributed by atoms with van der Waals surface area (Å²) in [7, 11) is -4.50. The fourth-order valence-electron chi connectivity index (χ4n) is 1.33. The number of benzene rings is 1. The molecule has 1 aromatic rings. The third-order valence-corrected chi connectivity index (χ3v) is 4.54. The molecule has 0 aromatic heterocycles. The summed E-state index contributed by atoms with van der Waals surface area (Å²) in [5.74, 6) is -3.38. The Hall–Kier alpha value is -1.17. The zero-order valence-electron chi connectivity index (χ0n) is 11.3. The van der Waals surface area contributed by atoms with Gasteiger partial charge in [-0.15, -0.1) is 0 Å². The maximum Gasteiger partial charge on any atom is 0.341 e. The summed E-state index contributed by atoms with van der Waals surface area (Å²) in [5, 5.41) is 3.16. The molecular weight excluding hydrogens is 272 g/mol.